The molecule has 25 heavy (non-hydrogen) atoms. The van der Waals surface area contributed by atoms with Gasteiger partial charge in [-0.1, -0.05) is 0 Å². The summed E-state index contributed by atoms with van der Waals surface area (Å²) in [5, 5.41) is 5.36. The molecule has 0 spiro atoms. The van der Waals surface area contributed by atoms with Crippen molar-refractivity contribution in [3.8, 4) is 0 Å². The third-order valence-corrected chi connectivity index (χ3v) is 3.40. The van der Waals surface area contributed by atoms with E-state index in [0.717, 1.165) is 0 Å². The highest BCUT2D eigenvalue weighted by molar-refractivity contribution is 6.06. The molecule has 1 aromatic carbocycles. The number of anilines is 1. The van der Waals surface area contributed by atoms with Gasteiger partial charge in [0, 0.05) is 36.7 Å². The number of Topliss-reactive ketones (excluding diaryl/α,β-unsaturated/α-hetero) is 1. The molecule has 2 amide bonds. The van der Waals surface area contributed by atoms with Crippen LogP contribution in [0.1, 0.15) is 38.1 Å². The number of pyridine rings is 1. The average Bonchev–Trinajstić information content (AvgIpc) is 2.62. The number of aromatic nitrogens is 1. The number of ketones is 1. The minimum Gasteiger partial charge on any atom is -0.383 e. The summed E-state index contributed by atoms with van der Waals surface area (Å²) in [6.07, 6.45) is 1.40. The molecule has 7 heteroatoms. The average molecular weight is 341 g/mol. The quantitative estimate of drug-likeness (QED) is 0.592. The number of amides is 2. The normalized spacial score (nSPS) is 10.2. The first-order valence-electron chi connectivity index (χ1n) is 7.67. The van der Waals surface area contributed by atoms with Crippen molar-refractivity contribution in [2.75, 3.05) is 25.6 Å². The summed E-state index contributed by atoms with van der Waals surface area (Å²) >= 11 is 0. The maximum atomic E-state index is 12.3. The third kappa shape index (κ3) is 5.22. The molecule has 0 fully saturated rings. The van der Waals surface area contributed by atoms with Crippen molar-refractivity contribution in [1.82, 2.24) is 10.3 Å². The Morgan fingerprint density at radius 1 is 1.04 bits per heavy atom. The van der Waals surface area contributed by atoms with Crippen LogP contribution in [0.4, 0.5) is 5.69 Å². The van der Waals surface area contributed by atoms with Gasteiger partial charge in [-0.15, -0.1) is 0 Å². The van der Waals surface area contributed by atoms with Crippen molar-refractivity contribution in [1.29, 1.82) is 0 Å². The van der Waals surface area contributed by atoms with Crippen LogP contribution in [0, 0.1) is 0 Å². The van der Waals surface area contributed by atoms with E-state index in [-0.39, 0.29) is 23.3 Å². The fraction of sp³-hybridized carbons (Fsp3) is 0.222. The highest BCUT2D eigenvalue weighted by Gasteiger charge is 2.12. The minimum absolute atomic E-state index is 0.0452. The summed E-state index contributed by atoms with van der Waals surface area (Å²) in [4.78, 5) is 39.5. The van der Waals surface area contributed by atoms with Gasteiger partial charge in [0.25, 0.3) is 11.8 Å². The summed E-state index contributed by atoms with van der Waals surface area (Å²) in [7, 11) is 1.54. The summed E-state index contributed by atoms with van der Waals surface area (Å²) in [6.45, 7) is 2.22. The van der Waals surface area contributed by atoms with Gasteiger partial charge in [-0.25, -0.2) is 0 Å². The second-order valence-corrected chi connectivity index (χ2v) is 5.27. The molecule has 2 rings (SSSR count). The number of benzene rings is 1. The van der Waals surface area contributed by atoms with Crippen molar-refractivity contribution < 1.29 is 19.1 Å². The van der Waals surface area contributed by atoms with E-state index in [9.17, 15) is 14.4 Å². The van der Waals surface area contributed by atoms with Crippen LogP contribution in [-0.4, -0.2) is 42.8 Å². The Labute approximate surface area is 145 Å². The van der Waals surface area contributed by atoms with Crippen molar-refractivity contribution in [2.45, 2.75) is 6.92 Å². The lowest BCUT2D eigenvalue weighted by Gasteiger charge is -2.08. The van der Waals surface area contributed by atoms with E-state index < -0.39 is 0 Å². The maximum Gasteiger partial charge on any atom is 0.269 e. The Morgan fingerprint density at radius 2 is 1.76 bits per heavy atom. The molecule has 7 nitrogen and oxygen atoms in total. The molecule has 0 unspecified atom stereocenters. The minimum atomic E-state index is -0.377. The molecule has 2 aromatic rings. The van der Waals surface area contributed by atoms with Gasteiger partial charge in [0.15, 0.2) is 5.78 Å². The van der Waals surface area contributed by atoms with E-state index in [1.54, 1.807) is 24.3 Å². The van der Waals surface area contributed by atoms with Crippen molar-refractivity contribution in [3.63, 3.8) is 0 Å². The molecule has 0 atom stereocenters. The molecule has 0 aliphatic heterocycles. The summed E-state index contributed by atoms with van der Waals surface area (Å²) in [6, 6.07) is 9.51. The summed E-state index contributed by atoms with van der Waals surface area (Å²) in [5.41, 5.74) is 1.58. The van der Waals surface area contributed by atoms with Crippen LogP contribution in [0.15, 0.2) is 42.6 Å². The maximum absolute atomic E-state index is 12.3. The lowest BCUT2D eigenvalue weighted by molar-refractivity contribution is 0.0931. The number of carbonyl (C=O) groups excluding carboxylic acids is 3. The van der Waals surface area contributed by atoms with Crippen LogP contribution in [-0.2, 0) is 4.74 Å². The molecule has 0 aliphatic carbocycles. The Balaban J connectivity index is 2.05. The molecule has 130 valence electrons. The molecule has 0 bridgehead atoms. The van der Waals surface area contributed by atoms with Gasteiger partial charge in [-0.3, -0.25) is 19.4 Å². The van der Waals surface area contributed by atoms with E-state index in [1.165, 1.54) is 32.4 Å². The standard InChI is InChI=1S/C18H19N3O4/c1-12(22)13-3-5-15(6-4-13)21-17(23)14-7-8-19-16(11-14)18(24)20-9-10-25-2/h3-8,11H,9-10H2,1-2H3,(H,20,24)(H,21,23). The van der Waals surface area contributed by atoms with E-state index >= 15 is 0 Å². The lowest BCUT2D eigenvalue weighted by atomic mass is 10.1. The Hall–Kier alpha value is -3.06. The first-order valence-corrected chi connectivity index (χ1v) is 7.67. The molecule has 1 heterocycles. The Bertz CT molecular complexity index is 772. The highest BCUT2D eigenvalue weighted by atomic mass is 16.5. The fourth-order valence-corrected chi connectivity index (χ4v) is 2.04. The molecule has 2 N–H and O–H groups in total. The highest BCUT2D eigenvalue weighted by Crippen LogP contribution is 2.12. The van der Waals surface area contributed by atoms with Gasteiger partial charge in [0.2, 0.25) is 0 Å². The van der Waals surface area contributed by atoms with Crippen LogP contribution in [0.25, 0.3) is 0 Å². The van der Waals surface area contributed by atoms with Gasteiger partial charge >= 0.3 is 0 Å². The van der Waals surface area contributed by atoms with E-state index in [0.29, 0.717) is 30.0 Å². The van der Waals surface area contributed by atoms with Gasteiger partial charge < -0.3 is 15.4 Å². The first-order chi connectivity index (χ1) is 12.0. The molecular weight excluding hydrogens is 322 g/mol. The van der Waals surface area contributed by atoms with Gasteiger partial charge in [-0.2, -0.15) is 0 Å². The zero-order valence-electron chi connectivity index (χ0n) is 14.0. The number of hydrogen-bond acceptors (Lipinski definition) is 5. The molecule has 0 radical (unpaired) electrons. The zero-order valence-corrected chi connectivity index (χ0v) is 14.0. The van der Waals surface area contributed by atoms with Gasteiger partial charge in [-0.05, 0) is 43.3 Å². The van der Waals surface area contributed by atoms with Gasteiger partial charge in [0.05, 0.1) is 6.61 Å². The third-order valence-electron chi connectivity index (χ3n) is 3.40. The number of ether oxygens (including phenoxy) is 1. The summed E-state index contributed by atoms with van der Waals surface area (Å²) < 4.78 is 4.86. The molecular formula is C18H19N3O4. The van der Waals surface area contributed by atoms with Crippen molar-refractivity contribution in [3.05, 3.63) is 59.4 Å². The predicted octanol–water partition coefficient (Wildman–Crippen LogP) is 1.91. The van der Waals surface area contributed by atoms with Gasteiger partial charge in [0.1, 0.15) is 5.69 Å². The molecule has 1 aromatic heterocycles. The zero-order chi connectivity index (χ0) is 18.2. The lowest BCUT2D eigenvalue weighted by Crippen LogP contribution is -2.28. The number of rotatable bonds is 7. The number of nitrogens with one attached hydrogen (secondary N) is 2. The van der Waals surface area contributed by atoms with Crippen LogP contribution in [0.5, 0.6) is 0 Å². The monoisotopic (exact) mass is 341 g/mol. The SMILES string of the molecule is COCCNC(=O)c1cc(C(=O)Nc2ccc(C(C)=O)cc2)ccn1. The van der Waals surface area contributed by atoms with E-state index in [4.69, 9.17) is 4.74 Å². The van der Waals surface area contributed by atoms with Crippen LogP contribution in [0.3, 0.4) is 0 Å². The number of nitrogens with zero attached hydrogens (tertiary/aromatic N) is 1. The number of carbonyl (C=O) groups is 3. The fourth-order valence-electron chi connectivity index (χ4n) is 2.04. The Morgan fingerprint density at radius 3 is 2.40 bits per heavy atom. The van der Waals surface area contributed by atoms with Crippen LogP contribution in [0.2, 0.25) is 0 Å². The second kappa shape index (κ2) is 8.70. The van der Waals surface area contributed by atoms with Crippen molar-refractivity contribution in [2.24, 2.45) is 0 Å². The molecule has 0 aliphatic rings. The smallest absolute Gasteiger partial charge is 0.269 e. The molecule has 0 saturated carbocycles. The number of methoxy groups -OCH3 is 1. The van der Waals surface area contributed by atoms with Crippen molar-refractivity contribution >= 4 is 23.3 Å². The van der Waals surface area contributed by atoms with Crippen LogP contribution >= 0.6 is 0 Å². The van der Waals surface area contributed by atoms with Crippen LogP contribution < -0.4 is 10.6 Å². The Kier molecular flexibility index (Phi) is 6.36. The predicted molar refractivity (Wildman–Crippen MR) is 92.8 cm³/mol. The second-order valence-electron chi connectivity index (χ2n) is 5.27. The number of hydrogen-bond donors (Lipinski definition) is 2. The molecule has 0 saturated heterocycles. The topological polar surface area (TPSA) is 97.4 Å². The van der Waals surface area contributed by atoms with E-state index in [1.807, 2.05) is 0 Å². The first kappa shape index (κ1) is 18.3. The van der Waals surface area contributed by atoms with E-state index in [2.05, 4.69) is 15.6 Å². The largest absolute Gasteiger partial charge is 0.383 e. The summed E-state index contributed by atoms with van der Waals surface area (Å²) in [5.74, 6) is -0.794.